The lowest BCUT2D eigenvalue weighted by molar-refractivity contribution is -0.644. The quantitative estimate of drug-likeness (QED) is 0.209. The summed E-state index contributed by atoms with van der Waals surface area (Å²) in [7, 11) is -2.21. The fourth-order valence-electron chi connectivity index (χ4n) is 3.52. The molecule has 4 aromatic rings. The summed E-state index contributed by atoms with van der Waals surface area (Å²) >= 11 is 0. The van der Waals surface area contributed by atoms with Crippen molar-refractivity contribution in [1.82, 2.24) is 0 Å². The number of carbonyl (C=O) groups is 1. The molecule has 5 nitrogen and oxygen atoms in total. The molecule has 0 aliphatic rings. The van der Waals surface area contributed by atoms with Gasteiger partial charge in [0.2, 0.25) is 5.52 Å². The minimum atomic E-state index is -4.27. The number of hydrogen-bond acceptors (Lipinski definition) is 4. The Balaban J connectivity index is 0.000000261. The van der Waals surface area contributed by atoms with Crippen molar-refractivity contribution in [1.29, 1.82) is 0 Å². The first-order valence-electron chi connectivity index (χ1n) is 11.3. The van der Waals surface area contributed by atoms with Crippen LogP contribution in [0.3, 0.4) is 0 Å². The van der Waals surface area contributed by atoms with Crippen molar-refractivity contribution in [3.05, 3.63) is 107 Å². The zero-order chi connectivity index (χ0) is 25.6. The zero-order valence-corrected chi connectivity index (χ0v) is 21.1. The Morgan fingerprint density at radius 2 is 1.51 bits per heavy atom. The highest BCUT2D eigenvalue weighted by Gasteiger charge is 2.10. The minimum absolute atomic E-state index is 0.0304. The molecule has 0 amide bonds. The molecule has 0 atom stereocenters. The number of Topliss-reactive ketones (excluding diaryl/α,β-unsaturated/α-hetero) is 1. The Bertz CT molecular complexity index is 1450. The van der Waals surface area contributed by atoms with Gasteiger partial charge in [-0.15, -0.1) is 0 Å². The summed E-state index contributed by atoms with van der Waals surface area (Å²) in [5, 5.41) is 1.23. The van der Waals surface area contributed by atoms with Crippen LogP contribution in [0.4, 0.5) is 0 Å². The molecular weight excluding hydrogens is 458 g/mol. The highest BCUT2D eigenvalue weighted by molar-refractivity contribution is 7.85. The molecule has 3 aromatic carbocycles. The lowest BCUT2D eigenvalue weighted by atomic mass is 10.00. The SMILES string of the molecule is CC(C)C(=O)c1ccc(C=Cc2cc[n+](C)c3ccccc23)cc1.Cc1ccc(S(=O)(=O)[O-])cc1. The first-order valence-corrected chi connectivity index (χ1v) is 12.7. The van der Waals surface area contributed by atoms with E-state index in [9.17, 15) is 17.8 Å². The minimum Gasteiger partial charge on any atom is -0.744 e. The average molecular weight is 488 g/mol. The molecule has 0 radical (unpaired) electrons. The van der Waals surface area contributed by atoms with Gasteiger partial charge in [-0.3, -0.25) is 4.79 Å². The van der Waals surface area contributed by atoms with Gasteiger partial charge in [0.05, 0.1) is 10.3 Å². The van der Waals surface area contributed by atoms with E-state index in [4.69, 9.17) is 0 Å². The van der Waals surface area contributed by atoms with Crippen molar-refractivity contribution in [3.63, 3.8) is 0 Å². The normalized spacial score (nSPS) is 11.5. The zero-order valence-electron chi connectivity index (χ0n) is 20.3. The number of pyridine rings is 1. The van der Waals surface area contributed by atoms with Gasteiger partial charge >= 0.3 is 0 Å². The number of aryl methyl sites for hydroxylation is 2. The number of hydrogen-bond donors (Lipinski definition) is 0. The van der Waals surface area contributed by atoms with Crippen LogP contribution in [0.1, 0.15) is 40.9 Å². The van der Waals surface area contributed by atoms with E-state index in [0.29, 0.717) is 0 Å². The topological polar surface area (TPSA) is 78.1 Å². The third-order valence-electron chi connectivity index (χ3n) is 5.56. The lowest BCUT2D eigenvalue weighted by Gasteiger charge is -2.05. The van der Waals surface area contributed by atoms with Crippen LogP contribution in [-0.4, -0.2) is 18.8 Å². The van der Waals surface area contributed by atoms with Crippen molar-refractivity contribution < 1.29 is 22.3 Å². The van der Waals surface area contributed by atoms with Gasteiger partial charge in [-0.1, -0.05) is 80.1 Å². The van der Waals surface area contributed by atoms with E-state index in [1.54, 1.807) is 12.1 Å². The van der Waals surface area contributed by atoms with E-state index in [2.05, 4.69) is 60.3 Å². The van der Waals surface area contributed by atoms with Gasteiger partial charge in [0.1, 0.15) is 17.2 Å². The molecule has 1 heterocycles. The molecule has 0 spiro atoms. The number of rotatable bonds is 5. The van der Waals surface area contributed by atoms with Crippen LogP contribution in [0.25, 0.3) is 23.1 Å². The molecule has 0 fully saturated rings. The molecule has 0 bridgehead atoms. The molecule has 4 rings (SSSR count). The number of fused-ring (bicyclic) bond motifs is 1. The van der Waals surface area contributed by atoms with E-state index in [1.807, 2.05) is 45.0 Å². The van der Waals surface area contributed by atoms with Crippen molar-refractivity contribution in [3.8, 4) is 0 Å². The summed E-state index contributed by atoms with van der Waals surface area (Å²) < 4.78 is 33.3. The molecule has 0 saturated heterocycles. The van der Waals surface area contributed by atoms with Crippen LogP contribution >= 0.6 is 0 Å². The Hall–Kier alpha value is -3.61. The van der Waals surface area contributed by atoms with E-state index >= 15 is 0 Å². The molecule has 0 N–H and O–H groups in total. The van der Waals surface area contributed by atoms with Gasteiger partial charge in [-0.2, -0.15) is 0 Å². The molecule has 6 heteroatoms. The van der Waals surface area contributed by atoms with Crippen LogP contribution in [0.5, 0.6) is 0 Å². The van der Waals surface area contributed by atoms with Crippen LogP contribution in [0.2, 0.25) is 0 Å². The molecule has 1 aromatic heterocycles. The van der Waals surface area contributed by atoms with Gasteiger partial charge < -0.3 is 4.55 Å². The van der Waals surface area contributed by atoms with Crippen molar-refractivity contribution >= 4 is 39.0 Å². The summed E-state index contributed by atoms with van der Waals surface area (Å²) in [6, 6.07) is 24.1. The van der Waals surface area contributed by atoms with Gasteiger partial charge in [0, 0.05) is 23.6 Å². The molecule has 0 unspecified atom stereocenters. The summed E-state index contributed by atoms with van der Waals surface area (Å²) in [6.07, 6.45) is 6.29. The Labute approximate surface area is 207 Å². The van der Waals surface area contributed by atoms with E-state index in [-0.39, 0.29) is 16.6 Å². The number of ketones is 1. The fourth-order valence-corrected chi connectivity index (χ4v) is 3.99. The maximum atomic E-state index is 12.0. The molecule has 180 valence electrons. The summed E-state index contributed by atoms with van der Waals surface area (Å²) in [4.78, 5) is 11.8. The number of para-hydroxylation sites is 1. The second-order valence-electron chi connectivity index (χ2n) is 8.64. The predicted molar refractivity (Wildman–Crippen MR) is 139 cm³/mol. The van der Waals surface area contributed by atoms with Gasteiger partial charge in [0.25, 0.3) is 0 Å². The smallest absolute Gasteiger partial charge is 0.212 e. The second-order valence-corrected chi connectivity index (χ2v) is 10.0. The summed E-state index contributed by atoms with van der Waals surface area (Å²) in [5.41, 5.74) is 5.19. The van der Waals surface area contributed by atoms with E-state index in [0.717, 1.165) is 16.7 Å². The largest absolute Gasteiger partial charge is 0.744 e. The van der Waals surface area contributed by atoms with Gasteiger partial charge in [-0.05, 0) is 36.2 Å². The number of aromatic nitrogens is 1. The fraction of sp³-hybridized carbons (Fsp3) is 0.172. The van der Waals surface area contributed by atoms with Gasteiger partial charge in [0.15, 0.2) is 12.0 Å². The number of nitrogens with zero attached hydrogens (tertiary/aromatic N) is 1. The van der Waals surface area contributed by atoms with Crippen molar-refractivity contribution in [2.45, 2.75) is 25.7 Å². The molecule has 0 aliphatic carbocycles. The van der Waals surface area contributed by atoms with Crippen molar-refractivity contribution in [2.75, 3.05) is 0 Å². The third-order valence-corrected chi connectivity index (χ3v) is 6.41. The first kappa shape index (κ1) is 26.0. The number of carbonyl (C=O) groups excluding carboxylic acids is 1. The van der Waals surface area contributed by atoms with Crippen LogP contribution in [0.15, 0.2) is 90.0 Å². The molecular formula is C29H29NO4S. The van der Waals surface area contributed by atoms with Crippen LogP contribution in [0, 0.1) is 12.8 Å². The maximum absolute atomic E-state index is 12.0. The molecule has 0 aliphatic heterocycles. The summed E-state index contributed by atoms with van der Waals surface area (Å²) in [5.74, 6) is 0.217. The first-order chi connectivity index (χ1) is 16.6. The average Bonchev–Trinajstić information content (AvgIpc) is 2.84. The Morgan fingerprint density at radius 3 is 2.11 bits per heavy atom. The van der Waals surface area contributed by atoms with Crippen LogP contribution in [-0.2, 0) is 17.2 Å². The predicted octanol–water partition coefficient (Wildman–Crippen LogP) is 5.57. The Morgan fingerprint density at radius 1 is 0.886 bits per heavy atom. The lowest BCUT2D eigenvalue weighted by Crippen LogP contribution is -2.28. The third kappa shape index (κ3) is 6.94. The van der Waals surface area contributed by atoms with Gasteiger partial charge in [-0.25, -0.2) is 13.0 Å². The number of benzene rings is 3. The van der Waals surface area contributed by atoms with E-state index < -0.39 is 10.1 Å². The molecule has 35 heavy (non-hydrogen) atoms. The monoisotopic (exact) mass is 487 g/mol. The van der Waals surface area contributed by atoms with Crippen molar-refractivity contribution in [2.24, 2.45) is 13.0 Å². The molecule has 0 saturated carbocycles. The Kier molecular flexibility index (Phi) is 8.33. The standard InChI is InChI=1S/C22H22NO.C7H8O3S/c1-16(2)22(24)19-12-9-17(10-13-19)8-11-18-14-15-23(3)21-7-5-4-6-20(18)21;1-6-2-4-7(5-3-6)11(8,9)10/h4-16H,1-3H3;2-5H,1H3,(H,8,9,10)/q+1;/p-1. The second kappa shape index (κ2) is 11.2. The highest BCUT2D eigenvalue weighted by atomic mass is 32.2. The highest BCUT2D eigenvalue weighted by Crippen LogP contribution is 2.18. The van der Waals surface area contributed by atoms with Crippen LogP contribution < -0.4 is 4.57 Å². The van der Waals surface area contributed by atoms with E-state index in [1.165, 1.54) is 28.6 Å². The summed E-state index contributed by atoms with van der Waals surface area (Å²) in [6.45, 7) is 5.68. The maximum Gasteiger partial charge on any atom is 0.212 e.